The Bertz CT molecular complexity index is 2240. The molecule has 4 amide bonds. The monoisotopic (exact) mass is 764 g/mol. The number of carbonyl (C=O) groups excluding carboxylic acids is 4. The lowest BCUT2D eigenvalue weighted by Gasteiger charge is -2.50. The molecule has 6 atom stereocenters. The van der Waals surface area contributed by atoms with Crippen LogP contribution in [-0.2, 0) is 36.9 Å². The average molecular weight is 765 g/mol. The number of imide groups is 2. The molecule has 2 heterocycles. The van der Waals surface area contributed by atoms with Crippen LogP contribution in [0.25, 0.3) is 0 Å². The summed E-state index contributed by atoms with van der Waals surface area (Å²) in [6, 6.07) is 21.4. The van der Waals surface area contributed by atoms with Crippen LogP contribution in [0.5, 0.6) is 5.75 Å². The van der Waals surface area contributed by atoms with E-state index in [1.54, 1.807) is 66.7 Å². The minimum absolute atomic E-state index is 0.0812. The standard InChI is InChI=1S/C40H27ClF6N2O5/c41-24-7-4-8-25(18-24)49-35(52)31-19-30-28(33(20-9-11-27(50)12-10-20)38(31,37(49)54)21-5-2-1-3-6-21)13-14-29-32(30)36(53)48(34(29)51)26-16-22(39(42,43)44)15-23(17-26)40(45,46)47/h1-13,15-18,29-33,50H,14,19H2/t29-,30+,31-,32-,33-,38+/m0/s1. The molecule has 0 spiro atoms. The second-order valence-electron chi connectivity index (χ2n) is 14.0. The molecule has 0 unspecified atom stereocenters. The highest BCUT2D eigenvalue weighted by Gasteiger charge is 2.70. The highest BCUT2D eigenvalue weighted by atomic mass is 35.5. The Morgan fingerprint density at radius 1 is 0.685 bits per heavy atom. The van der Waals surface area contributed by atoms with E-state index >= 15 is 4.79 Å². The summed E-state index contributed by atoms with van der Waals surface area (Å²) in [5, 5.41) is 10.5. The topological polar surface area (TPSA) is 95.0 Å². The van der Waals surface area contributed by atoms with E-state index in [9.17, 15) is 45.8 Å². The Morgan fingerprint density at radius 2 is 1.33 bits per heavy atom. The maximum atomic E-state index is 15.2. The molecule has 0 radical (unpaired) electrons. The lowest BCUT2D eigenvalue weighted by atomic mass is 9.49. The van der Waals surface area contributed by atoms with Crippen molar-refractivity contribution in [2.24, 2.45) is 23.7 Å². The first-order chi connectivity index (χ1) is 25.5. The van der Waals surface area contributed by atoms with Crippen LogP contribution in [0.4, 0.5) is 37.7 Å². The molecular weight excluding hydrogens is 738 g/mol. The molecule has 2 aliphatic carbocycles. The van der Waals surface area contributed by atoms with E-state index < -0.39 is 87.8 Å². The van der Waals surface area contributed by atoms with Crippen LogP contribution in [0.3, 0.4) is 0 Å². The number of rotatable bonds is 4. The van der Waals surface area contributed by atoms with Crippen molar-refractivity contribution in [2.45, 2.75) is 36.5 Å². The summed E-state index contributed by atoms with van der Waals surface area (Å²) < 4.78 is 83.2. The second-order valence-corrected chi connectivity index (χ2v) is 14.4. The van der Waals surface area contributed by atoms with Crippen molar-refractivity contribution in [1.82, 2.24) is 0 Å². The van der Waals surface area contributed by atoms with E-state index in [1.807, 2.05) is 0 Å². The number of fused-ring (bicyclic) bond motifs is 4. The van der Waals surface area contributed by atoms with Crippen molar-refractivity contribution in [1.29, 1.82) is 0 Å². The highest BCUT2D eigenvalue weighted by Crippen LogP contribution is 2.64. The predicted molar refractivity (Wildman–Crippen MR) is 183 cm³/mol. The molecular formula is C40H27ClF6N2O5. The maximum absolute atomic E-state index is 15.2. The SMILES string of the molecule is O=C1[C@H]2[C@H](CC=C3[C@H]2C[C@H]2C(=O)N(c4cccc(Cl)c4)C(=O)[C@@]2(c2ccccc2)[C@H]3c2ccc(O)cc2)C(=O)N1c1cc(C(F)(F)F)cc(C(F)(F)F)c1. The van der Waals surface area contributed by atoms with Crippen molar-refractivity contribution in [3.8, 4) is 5.75 Å². The normalized spacial score (nSPS) is 26.8. The number of amides is 4. The fourth-order valence-electron chi connectivity index (χ4n) is 9.11. The van der Waals surface area contributed by atoms with Gasteiger partial charge in [0.1, 0.15) is 5.75 Å². The number of phenols is 1. The molecule has 0 aromatic heterocycles. The van der Waals surface area contributed by atoms with Gasteiger partial charge in [-0.15, -0.1) is 0 Å². The van der Waals surface area contributed by atoms with Gasteiger partial charge in [0, 0.05) is 10.9 Å². The lowest BCUT2D eigenvalue weighted by Crippen LogP contribution is -2.53. The van der Waals surface area contributed by atoms with E-state index in [0.29, 0.717) is 33.7 Å². The molecule has 0 bridgehead atoms. The van der Waals surface area contributed by atoms with E-state index in [-0.39, 0.29) is 35.4 Å². The fraction of sp³-hybridized carbons (Fsp3) is 0.250. The van der Waals surface area contributed by atoms with Crippen LogP contribution >= 0.6 is 11.6 Å². The number of nitrogens with zero attached hydrogens (tertiary/aromatic N) is 2. The molecule has 3 fully saturated rings. The van der Waals surface area contributed by atoms with E-state index in [0.717, 1.165) is 4.90 Å². The number of hydrogen-bond acceptors (Lipinski definition) is 5. The van der Waals surface area contributed by atoms with Gasteiger partial charge >= 0.3 is 12.4 Å². The maximum Gasteiger partial charge on any atom is 0.416 e. The summed E-state index contributed by atoms with van der Waals surface area (Å²) in [7, 11) is 0. The second kappa shape index (κ2) is 12.3. The Labute approximate surface area is 308 Å². The van der Waals surface area contributed by atoms with Crippen molar-refractivity contribution >= 4 is 46.6 Å². The largest absolute Gasteiger partial charge is 0.508 e. The van der Waals surface area contributed by atoms with Gasteiger partial charge in [-0.05, 0) is 78.4 Å². The van der Waals surface area contributed by atoms with Gasteiger partial charge in [-0.3, -0.25) is 19.2 Å². The summed E-state index contributed by atoms with van der Waals surface area (Å²) in [5.74, 6) is -8.77. The summed E-state index contributed by atoms with van der Waals surface area (Å²) in [4.78, 5) is 59.8. The number of carbonyl (C=O) groups is 4. The Kier molecular flexibility index (Phi) is 8.11. The Morgan fingerprint density at radius 3 is 1.94 bits per heavy atom. The minimum atomic E-state index is -5.23. The van der Waals surface area contributed by atoms with Gasteiger partial charge in [-0.2, -0.15) is 26.3 Å². The first kappa shape index (κ1) is 35.6. The molecule has 2 saturated heterocycles. The van der Waals surface area contributed by atoms with Gasteiger partial charge in [-0.25, -0.2) is 9.80 Å². The summed E-state index contributed by atoms with van der Waals surface area (Å²) in [6.07, 6.45) is -9.02. The molecule has 1 saturated carbocycles. The van der Waals surface area contributed by atoms with Crippen molar-refractivity contribution in [3.63, 3.8) is 0 Å². The van der Waals surface area contributed by atoms with E-state index in [2.05, 4.69) is 0 Å². The smallest absolute Gasteiger partial charge is 0.416 e. The van der Waals surface area contributed by atoms with Crippen LogP contribution in [0.1, 0.15) is 41.0 Å². The van der Waals surface area contributed by atoms with Gasteiger partial charge in [-0.1, -0.05) is 71.8 Å². The zero-order valence-electron chi connectivity index (χ0n) is 27.7. The molecule has 14 heteroatoms. The van der Waals surface area contributed by atoms with Gasteiger partial charge < -0.3 is 5.11 Å². The van der Waals surface area contributed by atoms with Crippen LogP contribution in [0.2, 0.25) is 5.02 Å². The molecule has 2 aliphatic heterocycles. The molecule has 4 aromatic carbocycles. The Hall–Kier alpha value is -5.43. The number of aromatic hydroxyl groups is 1. The third kappa shape index (κ3) is 5.26. The van der Waals surface area contributed by atoms with Crippen molar-refractivity contribution < 1.29 is 50.6 Å². The lowest BCUT2D eigenvalue weighted by molar-refractivity contribution is -0.143. The molecule has 276 valence electrons. The van der Waals surface area contributed by atoms with Crippen LogP contribution in [-0.4, -0.2) is 28.7 Å². The van der Waals surface area contributed by atoms with Crippen LogP contribution in [0.15, 0.2) is 109 Å². The van der Waals surface area contributed by atoms with Crippen LogP contribution in [0, 0.1) is 23.7 Å². The van der Waals surface area contributed by atoms with Gasteiger partial charge in [0.15, 0.2) is 0 Å². The molecule has 54 heavy (non-hydrogen) atoms. The number of alkyl halides is 6. The highest BCUT2D eigenvalue weighted by molar-refractivity contribution is 6.32. The summed E-state index contributed by atoms with van der Waals surface area (Å²) in [5.41, 5.74) is -4.18. The summed E-state index contributed by atoms with van der Waals surface area (Å²) in [6.45, 7) is 0. The molecule has 7 nitrogen and oxygen atoms in total. The number of benzene rings is 4. The molecule has 4 aromatic rings. The number of anilines is 2. The first-order valence-electron chi connectivity index (χ1n) is 16.9. The number of halogens is 7. The van der Waals surface area contributed by atoms with E-state index in [1.165, 1.54) is 18.2 Å². The third-order valence-electron chi connectivity index (χ3n) is 11.2. The predicted octanol–water partition coefficient (Wildman–Crippen LogP) is 8.45. The molecule has 8 rings (SSSR count). The van der Waals surface area contributed by atoms with Crippen molar-refractivity contribution in [3.05, 3.63) is 136 Å². The third-order valence-corrected chi connectivity index (χ3v) is 11.5. The zero-order chi connectivity index (χ0) is 38.5. The Balaban J connectivity index is 1.31. The number of phenolic OH excluding ortho intramolecular Hbond substituents is 1. The minimum Gasteiger partial charge on any atom is -0.508 e. The number of hydrogen-bond donors (Lipinski definition) is 1. The van der Waals surface area contributed by atoms with Crippen molar-refractivity contribution in [2.75, 3.05) is 9.80 Å². The molecule has 1 N–H and O–H groups in total. The zero-order valence-corrected chi connectivity index (χ0v) is 28.5. The average Bonchev–Trinajstić information content (AvgIpc) is 3.52. The van der Waals surface area contributed by atoms with Gasteiger partial charge in [0.2, 0.25) is 23.6 Å². The first-order valence-corrected chi connectivity index (χ1v) is 17.3. The quantitative estimate of drug-likeness (QED) is 0.128. The van der Waals surface area contributed by atoms with Crippen LogP contribution < -0.4 is 9.80 Å². The van der Waals surface area contributed by atoms with Gasteiger partial charge in [0.05, 0.1) is 45.7 Å². The number of allylic oxidation sites excluding steroid dienone is 2. The van der Waals surface area contributed by atoms with Gasteiger partial charge in [0.25, 0.3) is 0 Å². The fourth-order valence-corrected chi connectivity index (χ4v) is 9.29. The van der Waals surface area contributed by atoms with E-state index in [4.69, 9.17) is 11.6 Å². The molecule has 4 aliphatic rings. The summed E-state index contributed by atoms with van der Waals surface area (Å²) >= 11 is 6.31.